The van der Waals surface area contributed by atoms with Gasteiger partial charge in [-0.1, -0.05) is 44.7 Å². The van der Waals surface area contributed by atoms with Crippen molar-refractivity contribution in [3.05, 3.63) is 35.7 Å². The number of nitrogens with zero attached hydrogens (tertiary/aromatic N) is 3. The Balaban J connectivity index is 2.00. The third-order valence-electron chi connectivity index (χ3n) is 3.51. The molecule has 130 valence electrons. The highest BCUT2D eigenvalue weighted by molar-refractivity contribution is 8.00. The SMILES string of the molecule is C[C@H](Sc1nnc(COc2ccc(C(C)(C)C)cc2)n1N)C(N)=O. The first-order valence-corrected chi connectivity index (χ1v) is 8.45. The van der Waals surface area contributed by atoms with E-state index in [1.54, 1.807) is 6.92 Å². The highest BCUT2D eigenvalue weighted by Crippen LogP contribution is 2.25. The van der Waals surface area contributed by atoms with Crippen LogP contribution in [0.5, 0.6) is 5.75 Å². The maximum absolute atomic E-state index is 11.1. The van der Waals surface area contributed by atoms with Crippen LogP contribution < -0.4 is 16.3 Å². The van der Waals surface area contributed by atoms with E-state index in [-0.39, 0.29) is 12.0 Å². The van der Waals surface area contributed by atoms with Gasteiger partial charge in [-0.25, -0.2) is 4.68 Å². The van der Waals surface area contributed by atoms with E-state index in [0.717, 1.165) is 17.5 Å². The van der Waals surface area contributed by atoms with Gasteiger partial charge in [0.2, 0.25) is 11.1 Å². The van der Waals surface area contributed by atoms with Crippen LogP contribution in [0.15, 0.2) is 29.4 Å². The minimum Gasteiger partial charge on any atom is -0.486 e. The first kappa shape index (κ1) is 18.1. The molecule has 1 amide bonds. The minimum absolute atomic E-state index is 0.0964. The molecule has 1 aromatic heterocycles. The number of hydrogen-bond donors (Lipinski definition) is 2. The molecule has 0 spiro atoms. The van der Waals surface area contributed by atoms with Gasteiger partial charge in [-0.05, 0) is 30.0 Å². The second-order valence-corrected chi connectivity index (χ2v) is 7.80. The maximum Gasteiger partial charge on any atom is 0.230 e. The van der Waals surface area contributed by atoms with Crippen LogP contribution in [0.4, 0.5) is 0 Å². The van der Waals surface area contributed by atoms with E-state index in [1.165, 1.54) is 10.2 Å². The van der Waals surface area contributed by atoms with Crippen molar-refractivity contribution in [2.45, 2.75) is 50.1 Å². The second kappa shape index (κ2) is 7.12. The standard InChI is InChI=1S/C16H23N5O2S/c1-10(14(17)22)24-15-20-19-13(21(15)18)9-23-12-7-5-11(6-8-12)16(2,3)4/h5-8,10H,9,18H2,1-4H3,(H2,17,22)/t10-/m0/s1. The van der Waals surface area contributed by atoms with Crippen LogP contribution in [0.3, 0.4) is 0 Å². The molecule has 1 aromatic carbocycles. The quantitative estimate of drug-likeness (QED) is 0.608. The number of ether oxygens (including phenoxy) is 1. The second-order valence-electron chi connectivity index (χ2n) is 6.49. The Hall–Kier alpha value is -2.22. The number of nitrogens with two attached hydrogens (primary N) is 2. The summed E-state index contributed by atoms with van der Waals surface area (Å²) in [5, 5.41) is 7.93. The van der Waals surface area contributed by atoms with Gasteiger partial charge in [0.1, 0.15) is 12.4 Å². The molecule has 0 aliphatic rings. The highest BCUT2D eigenvalue weighted by Gasteiger charge is 2.17. The van der Waals surface area contributed by atoms with Crippen LogP contribution >= 0.6 is 11.8 Å². The summed E-state index contributed by atoms with van der Waals surface area (Å²) in [7, 11) is 0. The van der Waals surface area contributed by atoms with Gasteiger partial charge in [-0.3, -0.25) is 4.79 Å². The smallest absolute Gasteiger partial charge is 0.230 e. The fourth-order valence-corrected chi connectivity index (χ4v) is 2.64. The fourth-order valence-electron chi connectivity index (χ4n) is 1.90. The number of rotatable bonds is 6. The molecule has 8 heteroatoms. The van der Waals surface area contributed by atoms with E-state index in [0.29, 0.717) is 11.0 Å². The molecule has 4 N–H and O–H groups in total. The van der Waals surface area contributed by atoms with Crippen molar-refractivity contribution in [1.29, 1.82) is 0 Å². The first-order chi connectivity index (χ1) is 11.2. The number of aromatic nitrogens is 3. The number of benzene rings is 1. The molecule has 1 heterocycles. The Bertz CT molecular complexity index is 706. The summed E-state index contributed by atoms with van der Waals surface area (Å²) < 4.78 is 7.02. The zero-order chi connectivity index (χ0) is 17.9. The summed E-state index contributed by atoms with van der Waals surface area (Å²) >= 11 is 1.16. The summed E-state index contributed by atoms with van der Waals surface area (Å²) in [6.45, 7) is 8.35. The Labute approximate surface area is 145 Å². The predicted octanol–water partition coefficient (Wildman–Crippen LogP) is 1.83. The first-order valence-electron chi connectivity index (χ1n) is 7.57. The molecule has 0 aliphatic carbocycles. The summed E-state index contributed by atoms with van der Waals surface area (Å²) in [6.07, 6.45) is 0. The van der Waals surface area contributed by atoms with Gasteiger partial charge in [0, 0.05) is 0 Å². The predicted molar refractivity (Wildman–Crippen MR) is 94.2 cm³/mol. The Morgan fingerprint density at radius 2 is 1.92 bits per heavy atom. The van der Waals surface area contributed by atoms with Crippen molar-refractivity contribution in [3.63, 3.8) is 0 Å². The van der Waals surface area contributed by atoms with E-state index in [1.807, 2.05) is 24.3 Å². The number of hydrogen-bond acceptors (Lipinski definition) is 6. The van der Waals surface area contributed by atoms with Crippen molar-refractivity contribution in [3.8, 4) is 5.75 Å². The van der Waals surface area contributed by atoms with Crippen LogP contribution in [0.1, 0.15) is 39.1 Å². The molecule has 0 fully saturated rings. The van der Waals surface area contributed by atoms with Gasteiger partial charge in [0.15, 0.2) is 5.82 Å². The van der Waals surface area contributed by atoms with Crippen LogP contribution in [0, 0.1) is 0 Å². The van der Waals surface area contributed by atoms with Gasteiger partial charge in [-0.2, -0.15) is 0 Å². The van der Waals surface area contributed by atoms with Crippen LogP contribution in [-0.4, -0.2) is 26.0 Å². The lowest BCUT2D eigenvalue weighted by Crippen LogP contribution is -2.24. The number of amides is 1. The molecule has 2 aromatic rings. The Kier molecular flexibility index (Phi) is 5.38. The lowest BCUT2D eigenvalue weighted by atomic mass is 9.87. The largest absolute Gasteiger partial charge is 0.486 e. The summed E-state index contributed by atoms with van der Waals surface area (Å²) in [5.74, 6) is 6.70. The third kappa shape index (κ3) is 4.41. The molecular formula is C16H23N5O2S. The van der Waals surface area contributed by atoms with Gasteiger partial charge in [0.05, 0.1) is 5.25 Å². The Morgan fingerprint density at radius 3 is 2.46 bits per heavy atom. The molecule has 2 rings (SSSR count). The average molecular weight is 349 g/mol. The normalized spacial score (nSPS) is 12.8. The van der Waals surface area contributed by atoms with Gasteiger partial charge >= 0.3 is 0 Å². The van der Waals surface area contributed by atoms with Gasteiger partial charge in [0.25, 0.3) is 0 Å². The third-order valence-corrected chi connectivity index (χ3v) is 4.58. The summed E-state index contributed by atoms with van der Waals surface area (Å²) in [4.78, 5) is 11.1. The van der Waals surface area contributed by atoms with Gasteiger partial charge in [-0.15, -0.1) is 10.2 Å². The van der Waals surface area contributed by atoms with Crippen LogP contribution in [-0.2, 0) is 16.8 Å². The number of primary amides is 1. The van der Waals surface area contributed by atoms with E-state index in [2.05, 4.69) is 31.0 Å². The zero-order valence-electron chi connectivity index (χ0n) is 14.3. The molecule has 0 saturated carbocycles. The average Bonchev–Trinajstić information content (AvgIpc) is 2.85. The van der Waals surface area contributed by atoms with Crippen LogP contribution in [0.2, 0.25) is 0 Å². The van der Waals surface area contributed by atoms with Gasteiger partial charge < -0.3 is 16.3 Å². The van der Waals surface area contributed by atoms with E-state index < -0.39 is 11.2 Å². The van der Waals surface area contributed by atoms with Crippen molar-refractivity contribution in [1.82, 2.24) is 14.9 Å². The lowest BCUT2D eigenvalue weighted by molar-refractivity contribution is -0.117. The fraction of sp³-hybridized carbons (Fsp3) is 0.438. The zero-order valence-corrected chi connectivity index (χ0v) is 15.1. The van der Waals surface area contributed by atoms with E-state index >= 15 is 0 Å². The topological polar surface area (TPSA) is 109 Å². The molecule has 24 heavy (non-hydrogen) atoms. The van der Waals surface area contributed by atoms with Crippen molar-refractivity contribution >= 4 is 17.7 Å². The molecular weight excluding hydrogens is 326 g/mol. The number of carbonyl (C=O) groups is 1. The molecule has 0 bridgehead atoms. The number of nitrogen functional groups attached to an aromatic ring is 1. The number of thioether (sulfide) groups is 1. The summed E-state index contributed by atoms with van der Waals surface area (Å²) in [6, 6.07) is 7.92. The monoisotopic (exact) mass is 349 g/mol. The number of carbonyl (C=O) groups excluding carboxylic acids is 1. The maximum atomic E-state index is 11.1. The lowest BCUT2D eigenvalue weighted by Gasteiger charge is -2.19. The molecule has 0 aliphatic heterocycles. The highest BCUT2D eigenvalue weighted by atomic mass is 32.2. The van der Waals surface area contributed by atoms with Crippen molar-refractivity contribution in [2.75, 3.05) is 5.84 Å². The molecule has 0 saturated heterocycles. The van der Waals surface area contributed by atoms with Crippen molar-refractivity contribution in [2.24, 2.45) is 5.73 Å². The molecule has 0 radical (unpaired) electrons. The Morgan fingerprint density at radius 1 is 1.29 bits per heavy atom. The molecule has 0 unspecified atom stereocenters. The van der Waals surface area contributed by atoms with E-state index in [9.17, 15) is 4.79 Å². The van der Waals surface area contributed by atoms with Crippen LogP contribution in [0.25, 0.3) is 0 Å². The van der Waals surface area contributed by atoms with E-state index in [4.69, 9.17) is 16.3 Å². The minimum atomic E-state index is -0.435. The molecule has 7 nitrogen and oxygen atoms in total. The van der Waals surface area contributed by atoms with Crippen molar-refractivity contribution < 1.29 is 9.53 Å². The molecule has 1 atom stereocenters. The summed E-state index contributed by atoms with van der Waals surface area (Å²) in [5.41, 5.74) is 6.56.